The zero-order chi connectivity index (χ0) is 22.1. The van der Waals surface area contributed by atoms with Crippen LogP contribution in [0.1, 0.15) is 47.0 Å². The summed E-state index contributed by atoms with van der Waals surface area (Å²) in [5.41, 5.74) is -0.494. The molecule has 0 radical (unpaired) electrons. The summed E-state index contributed by atoms with van der Waals surface area (Å²) < 4.78 is 16.5. The van der Waals surface area contributed by atoms with Crippen molar-refractivity contribution >= 4 is 23.5 Å². The lowest BCUT2D eigenvalue weighted by Crippen LogP contribution is -2.49. The molecule has 0 heterocycles. The molecule has 0 amide bonds. The van der Waals surface area contributed by atoms with Crippen molar-refractivity contribution in [2.75, 3.05) is 18.5 Å². The Bertz CT molecular complexity index is 834. The van der Waals surface area contributed by atoms with E-state index in [4.69, 9.17) is 14.2 Å². The summed E-state index contributed by atoms with van der Waals surface area (Å²) >= 11 is 0. The van der Waals surface area contributed by atoms with E-state index in [1.165, 1.54) is 0 Å². The third-order valence-corrected chi connectivity index (χ3v) is 4.99. The van der Waals surface area contributed by atoms with E-state index in [2.05, 4.69) is 5.32 Å². The first-order valence-corrected chi connectivity index (χ1v) is 10.3. The number of nitrogens with one attached hydrogen (secondary N) is 1. The number of rotatable bonds is 10. The standard InChI is InChI=1S/C23H29NO6/c1-5-28-19-11-9-18(10-12-19)24-21(20(15-26)30-16(3)4)23(22(27)29-6-2)13-7-8-17(23)14-25/h9-12,16,21,24H,5-8,13H2,1-4H3. The van der Waals surface area contributed by atoms with E-state index in [1.807, 2.05) is 18.8 Å². The first-order valence-electron chi connectivity index (χ1n) is 10.3. The summed E-state index contributed by atoms with van der Waals surface area (Å²) in [4.78, 5) is 36.8. The monoisotopic (exact) mass is 415 g/mol. The van der Waals surface area contributed by atoms with Gasteiger partial charge in [0.25, 0.3) is 0 Å². The van der Waals surface area contributed by atoms with Gasteiger partial charge in [-0.15, -0.1) is 0 Å². The molecule has 0 aliphatic heterocycles. The summed E-state index contributed by atoms with van der Waals surface area (Å²) in [6.45, 7) is 7.81. The van der Waals surface area contributed by atoms with Crippen molar-refractivity contribution in [3.8, 4) is 5.75 Å². The zero-order valence-corrected chi connectivity index (χ0v) is 17.9. The number of anilines is 1. The molecule has 0 spiro atoms. The fraction of sp³-hybridized carbons (Fsp3) is 0.522. The van der Waals surface area contributed by atoms with Gasteiger partial charge < -0.3 is 19.5 Å². The maximum absolute atomic E-state index is 13.1. The lowest BCUT2D eigenvalue weighted by atomic mass is 9.74. The SMILES string of the molecule is CCOC(=O)C1(C(Nc2ccc(OCC)cc2)C(=C=O)OC(C)C)CCCC1=C=O. The number of carbonyl (C=O) groups is 1. The Hall–Kier alpha value is -3.01. The third kappa shape index (κ3) is 4.93. The minimum atomic E-state index is -1.39. The van der Waals surface area contributed by atoms with Crippen LogP contribution in [0, 0.1) is 5.41 Å². The van der Waals surface area contributed by atoms with Crippen LogP contribution in [-0.4, -0.2) is 43.2 Å². The first-order chi connectivity index (χ1) is 14.4. The molecule has 1 aliphatic carbocycles. The second-order valence-corrected chi connectivity index (χ2v) is 7.29. The molecule has 162 valence electrons. The van der Waals surface area contributed by atoms with Crippen LogP contribution in [0.2, 0.25) is 0 Å². The Labute approximate surface area is 177 Å². The first kappa shape index (κ1) is 23.3. The van der Waals surface area contributed by atoms with E-state index in [0.29, 0.717) is 37.3 Å². The number of benzene rings is 1. The molecule has 0 saturated heterocycles. The van der Waals surface area contributed by atoms with E-state index >= 15 is 0 Å². The van der Waals surface area contributed by atoms with Crippen molar-refractivity contribution in [3.05, 3.63) is 35.6 Å². The van der Waals surface area contributed by atoms with Crippen molar-refractivity contribution in [3.63, 3.8) is 0 Å². The molecule has 2 rings (SSSR count). The van der Waals surface area contributed by atoms with E-state index in [9.17, 15) is 14.4 Å². The summed E-state index contributed by atoms with van der Waals surface area (Å²) in [6.07, 6.45) is 1.00. The maximum atomic E-state index is 13.1. The molecule has 7 heteroatoms. The molecule has 2 atom stereocenters. The van der Waals surface area contributed by atoms with Crippen molar-refractivity contribution in [2.45, 2.75) is 59.1 Å². The van der Waals surface area contributed by atoms with Gasteiger partial charge in [-0.3, -0.25) is 4.79 Å². The Balaban J connectivity index is 2.56. The van der Waals surface area contributed by atoms with Gasteiger partial charge in [-0.1, -0.05) is 0 Å². The van der Waals surface area contributed by atoms with E-state index in [1.54, 1.807) is 45.0 Å². The van der Waals surface area contributed by atoms with Crippen LogP contribution in [0.4, 0.5) is 5.69 Å². The van der Waals surface area contributed by atoms with Gasteiger partial charge in [0, 0.05) is 11.3 Å². The van der Waals surface area contributed by atoms with Crippen LogP contribution in [0.15, 0.2) is 35.6 Å². The van der Waals surface area contributed by atoms with Gasteiger partial charge in [-0.05, 0) is 71.2 Å². The maximum Gasteiger partial charge on any atom is 0.319 e. The molecule has 1 aliphatic rings. The van der Waals surface area contributed by atoms with E-state index in [0.717, 1.165) is 0 Å². The number of esters is 1. The largest absolute Gasteiger partial charge is 0.494 e. The number of ether oxygens (including phenoxy) is 3. The van der Waals surface area contributed by atoms with E-state index in [-0.39, 0.29) is 24.0 Å². The fourth-order valence-corrected chi connectivity index (χ4v) is 3.78. The van der Waals surface area contributed by atoms with Gasteiger partial charge in [0.2, 0.25) is 5.76 Å². The Morgan fingerprint density at radius 2 is 1.87 bits per heavy atom. The highest BCUT2D eigenvalue weighted by Crippen LogP contribution is 2.48. The van der Waals surface area contributed by atoms with Crippen LogP contribution in [0.5, 0.6) is 5.75 Å². The summed E-state index contributed by atoms with van der Waals surface area (Å²) in [5.74, 6) is 3.79. The lowest BCUT2D eigenvalue weighted by Gasteiger charge is -2.36. The minimum absolute atomic E-state index is 0.0819. The molecule has 0 aromatic heterocycles. The second-order valence-electron chi connectivity index (χ2n) is 7.29. The molecule has 1 aromatic carbocycles. The molecule has 1 fully saturated rings. The topological polar surface area (TPSA) is 90.9 Å². The quantitative estimate of drug-likeness (QED) is 0.355. The van der Waals surface area contributed by atoms with Gasteiger partial charge in [0.15, 0.2) is 5.94 Å². The molecule has 0 bridgehead atoms. The second kappa shape index (κ2) is 10.7. The van der Waals surface area contributed by atoms with Crippen molar-refractivity contribution in [2.24, 2.45) is 5.41 Å². The van der Waals surface area contributed by atoms with Crippen LogP contribution in [0.3, 0.4) is 0 Å². The van der Waals surface area contributed by atoms with Crippen LogP contribution < -0.4 is 10.1 Å². The smallest absolute Gasteiger partial charge is 0.319 e. The lowest BCUT2D eigenvalue weighted by molar-refractivity contribution is -0.153. The molecule has 1 aromatic rings. The van der Waals surface area contributed by atoms with Crippen LogP contribution in [-0.2, 0) is 23.9 Å². The Morgan fingerprint density at radius 3 is 2.40 bits per heavy atom. The van der Waals surface area contributed by atoms with Gasteiger partial charge in [0.05, 0.1) is 19.3 Å². The predicted octanol–water partition coefficient (Wildman–Crippen LogP) is 3.50. The average molecular weight is 415 g/mol. The van der Waals surface area contributed by atoms with Gasteiger partial charge in [-0.2, -0.15) is 0 Å². The van der Waals surface area contributed by atoms with Gasteiger partial charge >= 0.3 is 5.97 Å². The molecule has 2 unspecified atom stereocenters. The minimum Gasteiger partial charge on any atom is -0.494 e. The number of carbonyl (C=O) groups excluding carboxylic acids is 3. The number of hydrogen-bond acceptors (Lipinski definition) is 7. The van der Waals surface area contributed by atoms with Gasteiger partial charge in [0.1, 0.15) is 23.1 Å². The van der Waals surface area contributed by atoms with E-state index < -0.39 is 17.4 Å². The Morgan fingerprint density at radius 1 is 1.17 bits per heavy atom. The molecular weight excluding hydrogens is 386 g/mol. The molecule has 1 N–H and O–H groups in total. The summed E-state index contributed by atoms with van der Waals surface area (Å²) in [7, 11) is 0. The molecule has 30 heavy (non-hydrogen) atoms. The highest BCUT2D eigenvalue weighted by atomic mass is 16.5. The summed E-state index contributed by atoms with van der Waals surface area (Å²) in [6, 6.07) is 6.13. The van der Waals surface area contributed by atoms with Crippen LogP contribution in [0.25, 0.3) is 0 Å². The van der Waals surface area contributed by atoms with Crippen molar-refractivity contribution in [1.82, 2.24) is 0 Å². The normalized spacial score (nSPS) is 18.9. The predicted molar refractivity (Wildman–Crippen MR) is 113 cm³/mol. The van der Waals surface area contributed by atoms with Crippen LogP contribution >= 0.6 is 0 Å². The van der Waals surface area contributed by atoms with Crippen molar-refractivity contribution in [1.29, 1.82) is 0 Å². The van der Waals surface area contributed by atoms with Gasteiger partial charge in [-0.25, -0.2) is 9.59 Å². The molecule has 7 nitrogen and oxygen atoms in total. The summed E-state index contributed by atoms with van der Waals surface area (Å²) in [5, 5.41) is 3.21. The highest BCUT2D eigenvalue weighted by Gasteiger charge is 2.56. The highest BCUT2D eigenvalue weighted by molar-refractivity contribution is 5.88. The average Bonchev–Trinajstić information content (AvgIpc) is 3.17. The van der Waals surface area contributed by atoms with Crippen molar-refractivity contribution < 1.29 is 28.6 Å². The third-order valence-electron chi connectivity index (χ3n) is 4.99. The molecule has 1 saturated carbocycles. The molecular formula is C23H29NO6. The zero-order valence-electron chi connectivity index (χ0n) is 17.9. The Kier molecular flexibility index (Phi) is 8.28. The fourth-order valence-electron chi connectivity index (χ4n) is 3.78. The number of hydrogen-bond donors (Lipinski definition) is 1.